The first-order valence-corrected chi connectivity index (χ1v) is 8.50. The van der Waals surface area contributed by atoms with E-state index in [4.69, 9.17) is 9.47 Å². The molecule has 0 saturated carbocycles. The summed E-state index contributed by atoms with van der Waals surface area (Å²) in [4.78, 5) is 22.0. The largest absolute Gasteiger partial charge is 0.494 e. The Morgan fingerprint density at radius 1 is 1.19 bits per heavy atom. The van der Waals surface area contributed by atoms with Crippen molar-refractivity contribution in [1.82, 2.24) is 5.43 Å². The van der Waals surface area contributed by atoms with Gasteiger partial charge in [-0.15, -0.1) is 0 Å². The zero-order valence-corrected chi connectivity index (χ0v) is 15.0. The summed E-state index contributed by atoms with van der Waals surface area (Å²) in [5.41, 5.74) is 2.76. The van der Waals surface area contributed by atoms with E-state index < -0.39 is 10.8 Å². The highest BCUT2D eigenvalue weighted by atomic mass is 16.6. The van der Waals surface area contributed by atoms with Crippen LogP contribution in [0.3, 0.4) is 0 Å². The molecule has 0 atom stereocenters. The van der Waals surface area contributed by atoms with Crippen molar-refractivity contribution in [2.75, 3.05) is 13.2 Å². The lowest BCUT2D eigenvalue weighted by Crippen LogP contribution is -2.24. The first-order chi connectivity index (χ1) is 13.1. The fourth-order valence-electron chi connectivity index (χ4n) is 2.05. The van der Waals surface area contributed by atoms with Gasteiger partial charge in [-0.05, 0) is 30.7 Å². The van der Waals surface area contributed by atoms with Crippen LogP contribution >= 0.6 is 0 Å². The number of unbranched alkanes of at least 4 members (excludes halogenated alkanes) is 1. The van der Waals surface area contributed by atoms with Crippen LogP contribution in [-0.2, 0) is 4.79 Å². The van der Waals surface area contributed by atoms with E-state index >= 15 is 0 Å². The number of ether oxygens (including phenoxy) is 2. The van der Waals surface area contributed by atoms with Gasteiger partial charge in [0.1, 0.15) is 11.5 Å². The van der Waals surface area contributed by atoms with Crippen LogP contribution in [-0.4, -0.2) is 30.3 Å². The second kappa shape index (κ2) is 10.5. The van der Waals surface area contributed by atoms with Crippen molar-refractivity contribution < 1.29 is 19.2 Å². The fraction of sp³-hybridized carbons (Fsp3) is 0.263. The molecular formula is C19H21N3O5. The van der Waals surface area contributed by atoms with Crippen molar-refractivity contribution in [2.45, 2.75) is 19.8 Å². The Hall–Kier alpha value is -3.42. The predicted octanol–water partition coefficient (Wildman–Crippen LogP) is 3.30. The maximum Gasteiger partial charge on any atom is 0.277 e. The molecule has 142 valence electrons. The van der Waals surface area contributed by atoms with Gasteiger partial charge in [0, 0.05) is 17.7 Å². The summed E-state index contributed by atoms with van der Waals surface area (Å²) in [5.74, 6) is 0.845. The Kier molecular flexibility index (Phi) is 7.77. The summed E-state index contributed by atoms with van der Waals surface area (Å²) < 4.78 is 10.9. The van der Waals surface area contributed by atoms with E-state index in [-0.39, 0.29) is 12.3 Å². The van der Waals surface area contributed by atoms with E-state index in [9.17, 15) is 14.9 Å². The predicted molar refractivity (Wildman–Crippen MR) is 101 cm³/mol. The lowest BCUT2D eigenvalue weighted by Gasteiger charge is -2.07. The second-order valence-corrected chi connectivity index (χ2v) is 5.61. The van der Waals surface area contributed by atoms with Crippen LogP contribution in [0, 0.1) is 10.1 Å². The fourth-order valence-corrected chi connectivity index (χ4v) is 2.05. The molecule has 0 aromatic heterocycles. The molecule has 1 amide bonds. The summed E-state index contributed by atoms with van der Waals surface area (Å²) >= 11 is 0. The number of non-ortho nitro benzene ring substituents is 1. The zero-order chi connectivity index (χ0) is 19.5. The SMILES string of the molecule is CCCCOc1ccc(OCC(=O)NN=Cc2cccc([N+](=O)[O-])c2)cc1. The van der Waals surface area contributed by atoms with E-state index in [0.717, 1.165) is 18.6 Å². The third kappa shape index (κ3) is 7.15. The molecule has 1 N–H and O–H groups in total. The minimum absolute atomic E-state index is 0.0456. The molecule has 0 unspecified atom stereocenters. The molecule has 0 saturated heterocycles. The minimum Gasteiger partial charge on any atom is -0.494 e. The average Bonchev–Trinajstić information content (AvgIpc) is 2.68. The van der Waals surface area contributed by atoms with Crippen LogP contribution < -0.4 is 14.9 Å². The summed E-state index contributed by atoms with van der Waals surface area (Å²) in [6.07, 6.45) is 3.39. The number of nitrogens with one attached hydrogen (secondary N) is 1. The average molecular weight is 371 g/mol. The molecule has 2 rings (SSSR count). The number of carbonyl (C=O) groups excluding carboxylic acids is 1. The topological polar surface area (TPSA) is 103 Å². The van der Waals surface area contributed by atoms with Gasteiger partial charge in [-0.3, -0.25) is 14.9 Å². The van der Waals surface area contributed by atoms with Crippen molar-refractivity contribution in [3.8, 4) is 11.5 Å². The lowest BCUT2D eigenvalue weighted by molar-refractivity contribution is -0.384. The Morgan fingerprint density at radius 2 is 1.89 bits per heavy atom. The molecule has 2 aromatic rings. The van der Waals surface area contributed by atoms with Crippen molar-refractivity contribution in [3.63, 3.8) is 0 Å². The first-order valence-electron chi connectivity index (χ1n) is 8.50. The maximum atomic E-state index is 11.7. The van der Waals surface area contributed by atoms with Crippen LogP contribution in [0.5, 0.6) is 11.5 Å². The van der Waals surface area contributed by atoms with Crippen molar-refractivity contribution in [2.24, 2.45) is 5.10 Å². The minimum atomic E-state index is -0.496. The van der Waals surface area contributed by atoms with Gasteiger partial charge in [-0.1, -0.05) is 25.5 Å². The molecule has 8 heteroatoms. The van der Waals surface area contributed by atoms with Gasteiger partial charge in [0.15, 0.2) is 6.61 Å². The van der Waals surface area contributed by atoms with E-state index in [2.05, 4.69) is 17.5 Å². The Bertz CT molecular complexity index is 790. The Morgan fingerprint density at radius 3 is 2.56 bits per heavy atom. The number of nitro benzene ring substituents is 1. The normalized spacial score (nSPS) is 10.6. The molecule has 0 aliphatic heterocycles. The monoisotopic (exact) mass is 371 g/mol. The van der Waals surface area contributed by atoms with E-state index in [1.54, 1.807) is 36.4 Å². The summed E-state index contributed by atoms with van der Waals surface area (Å²) in [6.45, 7) is 2.56. The number of hydrogen-bond acceptors (Lipinski definition) is 6. The van der Waals surface area contributed by atoms with Crippen LogP contribution in [0.4, 0.5) is 5.69 Å². The highest BCUT2D eigenvalue weighted by Gasteiger charge is 2.05. The smallest absolute Gasteiger partial charge is 0.277 e. The number of hydrazone groups is 1. The highest BCUT2D eigenvalue weighted by molar-refractivity contribution is 5.83. The van der Waals surface area contributed by atoms with Crippen molar-refractivity contribution in [3.05, 3.63) is 64.2 Å². The maximum absolute atomic E-state index is 11.7. The van der Waals surface area contributed by atoms with Crippen molar-refractivity contribution >= 4 is 17.8 Å². The Labute approximate surface area is 157 Å². The van der Waals surface area contributed by atoms with Gasteiger partial charge in [0.2, 0.25) is 0 Å². The highest BCUT2D eigenvalue weighted by Crippen LogP contribution is 2.17. The molecule has 0 aliphatic carbocycles. The second-order valence-electron chi connectivity index (χ2n) is 5.61. The number of benzene rings is 2. The molecule has 27 heavy (non-hydrogen) atoms. The standard InChI is InChI=1S/C19H21N3O5/c1-2-3-11-26-17-7-9-18(10-8-17)27-14-19(23)21-20-13-15-5-4-6-16(12-15)22(24)25/h4-10,12-13H,2-3,11,14H2,1H3,(H,21,23). The number of rotatable bonds is 10. The van der Waals surface area contributed by atoms with E-state index in [0.29, 0.717) is 17.9 Å². The van der Waals surface area contributed by atoms with Gasteiger partial charge in [-0.25, -0.2) is 5.43 Å². The van der Waals surface area contributed by atoms with Gasteiger partial charge in [0.25, 0.3) is 11.6 Å². The van der Waals surface area contributed by atoms with E-state index in [1.807, 2.05) is 0 Å². The Balaban J connectivity index is 1.76. The first kappa shape index (κ1) is 19.9. The number of nitrogens with zero attached hydrogens (tertiary/aromatic N) is 2. The van der Waals surface area contributed by atoms with Crippen LogP contribution in [0.15, 0.2) is 53.6 Å². The van der Waals surface area contributed by atoms with Crippen LogP contribution in [0.25, 0.3) is 0 Å². The van der Waals surface area contributed by atoms with Gasteiger partial charge in [-0.2, -0.15) is 5.10 Å². The van der Waals surface area contributed by atoms with Crippen molar-refractivity contribution in [1.29, 1.82) is 0 Å². The molecule has 0 heterocycles. The molecule has 8 nitrogen and oxygen atoms in total. The molecular weight excluding hydrogens is 350 g/mol. The third-order valence-electron chi connectivity index (χ3n) is 3.44. The van der Waals surface area contributed by atoms with Crippen LogP contribution in [0.1, 0.15) is 25.3 Å². The summed E-state index contributed by atoms with van der Waals surface area (Å²) in [6, 6.07) is 12.9. The third-order valence-corrected chi connectivity index (χ3v) is 3.44. The molecule has 0 bridgehead atoms. The quantitative estimate of drug-likeness (QED) is 0.299. The molecule has 0 radical (unpaired) electrons. The van der Waals surface area contributed by atoms with Crippen LogP contribution in [0.2, 0.25) is 0 Å². The van der Waals surface area contributed by atoms with Gasteiger partial charge in [0.05, 0.1) is 17.7 Å². The summed E-state index contributed by atoms with van der Waals surface area (Å²) in [7, 11) is 0. The van der Waals surface area contributed by atoms with Gasteiger partial charge >= 0.3 is 0 Å². The van der Waals surface area contributed by atoms with E-state index in [1.165, 1.54) is 18.3 Å². The molecule has 0 fully saturated rings. The molecule has 2 aromatic carbocycles. The lowest BCUT2D eigenvalue weighted by atomic mass is 10.2. The number of amides is 1. The number of carbonyl (C=O) groups is 1. The molecule has 0 aliphatic rings. The zero-order valence-electron chi connectivity index (χ0n) is 15.0. The number of nitro groups is 1. The number of hydrogen-bond donors (Lipinski definition) is 1. The molecule has 0 spiro atoms. The van der Waals surface area contributed by atoms with Gasteiger partial charge < -0.3 is 9.47 Å². The summed E-state index contributed by atoms with van der Waals surface area (Å²) in [5, 5.41) is 14.5.